The van der Waals surface area contributed by atoms with Gasteiger partial charge in [0.05, 0.1) is 35.4 Å². The van der Waals surface area contributed by atoms with E-state index in [4.69, 9.17) is 11.6 Å². The van der Waals surface area contributed by atoms with Crippen molar-refractivity contribution in [2.45, 2.75) is 18.8 Å². The number of amides is 1. The van der Waals surface area contributed by atoms with Crippen molar-refractivity contribution >= 4 is 33.0 Å². The van der Waals surface area contributed by atoms with Crippen LogP contribution in [0.1, 0.15) is 21.6 Å². The molecule has 8 nitrogen and oxygen atoms in total. The van der Waals surface area contributed by atoms with E-state index in [0.29, 0.717) is 27.4 Å². The third-order valence-electron chi connectivity index (χ3n) is 5.99. The lowest BCUT2D eigenvalue weighted by atomic mass is 9.99. The molecular weight excluding hydrogens is 533 g/mol. The first-order chi connectivity index (χ1) is 17.5. The number of nitrogens with one attached hydrogen (secondary N) is 1. The van der Waals surface area contributed by atoms with Crippen molar-refractivity contribution in [1.29, 1.82) is 0 Å². The highest BCUT2D eigenvalue weighted by atomic mass is 35.5. The third-order valence-corrected chi connectivity index (χ3v) is 8.14. The summed E-state index contributed by atoms with van der Waals surface area (Å²) in [6.45, 7) is -0.636. The average molecular weight is 551 g/mol. The standard InChI is InChI=1S/C24H18ClF3N4O4S/c25-18-4-2-1-3-16(18)17-9-29-22-20(23(34)30-15-11-37(35,36)12-15)19(10-33)31-32(22)21(17)13-5-7-14(8-6-13)24(26,27)28/h1-9,15,33H,10-12H2,(H,30,34). The van der Waals surface area contributed by atoms with Crippen LogP contribution in [0.25, 0.3) is 28.0 Å². The maximum absolute atomic E-state index is 13.2. The Bertz CT molecular complexity index is 1620. The molecule has 0 bridgehead atoms. The zero-order valence-electron chi connectivity index (χ0n) is 18.8. The number of carbonyl (C=O) groups is 1. The first-order valence-electron chi connectivity index (χ1n) is 10.9. The van der Waals surface area contributed by atoms with Crippen molar-refractivity contribution in [2.75, 3.05) is 11.5 Å². The maximum Gasteiger partial charge on any atom is 0.416 e. The summed E-state index contributed by atoms with van der Waals surface area (Å²) in [6, 6.07) is 10.6. The first-order valence-corrected chi connectivity index (χ1v) is 13.1. The van der Waals surface area contributed by atoms with E-state index in [2.05, 4.69) is 15.4 Å². The van der Waals surface area contributed by atoms with Gasteiger partial charge in [-0.1, -0.05) is 41.9 Å². The van der Waals surface area contributed by atoms with Crippen LogP contribution in [-0.4, -0.2) is 51.6 Å². The normalized spacial score (nSPS) is 15.5. The number of hydrogen-bond acceptors (Lipinski definition) is 6. The summed E-state index contributed by atoms with van der Waals surface area (Å²) in [7, 11) is -3.19. The Morgan fingerprint density at radius 3 is 2.38 bits per heavy atom. The van der Waals surface area contributed by atoms with Crippen molar-refractivity contribution in [3.63, 3.8) is 0 Å². The van der Waals surface area contributed by atoms with Crippen LogP contribution in [0.2, 0.25) is 5.02 Å². The molecule has 3 heterocycles. The van der Waals surface area contributed by atoms with Gasteiger partial charge >= 0.3 is 6.18 Å². The number of halogens is 4. The van der Waals surface area contributed by atoms with Gasteiger partial charge in [0.15, 0.2) is 15.5 Å². The van der Waals surface area contributed by atoms with E-state index in [9.17, 15) is 31.5 Å². The molecule has 2 aromatic heterocycles. The highest BCUT2D eigenvalue weighted by Crippen LogP contribution is 2.38. The second-order valence-corrected chi connectivity index (χ2v) is 11.1. The molecule has 2 aromatic carbocycles. The topological polar surface area (TPSA) is 114 Å². The number of carbonyl (C=O) groups excluding carboxylic acids is 1. The van der Waals surface area contributed by atoms with Gasteiger partial charge in [-0.2, -0.15) is 18.3 Å². The van der Waals surface area contributed by atoms with E-state index in [0.717, 1.165) is 12.1 Å². The highest BCUT2D eigenvalue weighted by Gasteiger charge is 2.36. The van der Waals surface area contributed by atoms with Crippen LogP contribution < -0.4 is 5.32 Å². The Morgan fingerprint density at radius 2 is 1.78 bits per heavy atom. The number of nitrogens with zero attached hydrogens (tertiary/aromatic N) is 3. The van der Waals surface area contributed by atoms with Crippen LogP contribution >= 0.6 is 11.6 Å². The molecule has 0 atom stereocenters. The number of sulfone groups is 1. The lowest BCUT2D eigenvalue weighted by Crippen LogP contribution is -2.53. The van der Waals surface area contributed by atoms with E-state index in [1.807, 2.05) is 0 Å². The number of hydrogen-bond donors (Lipinski definition) is 2. The molecule has 0 saturated carbocycles. The lowest BCUT2D eigenvalue weighted by Gasteiger charge is -2.26. The molecule has 5 rings (SSSR count). The summed E-state index contributed by atoms with van der Waals surface area (Å²) >= 11 is 6.41. The van der Waals surface area contributed by atoms with E-state index in [1.54, 1.807) is 24.3 Å². The monoisotopic (exact) mass is 550 g/mol. The number of fused-ring (bicyclic) bond motifs is 1. The molecule has 0 unspecified atom stereocenters. The Labute approximate surface area is 213 Å². The fourth-order valence-corrected chi connectivity index (χ4v) is 5.78. The average Bonchev–Trinajstić information content (AvgIpc) is 3.21. The molecule has 4 aromatic rings. The summed E-state index contributed by atoms with van der Waals surface area (Å²) in [5.74, 6) is -1.07. The molecule has 1 saturated heterocycles. The molecule has 0 radical (unpaired) electrons. The maximum atomic E-state index is 13.2. The summed E-state index contributed by atoms with van der Waals surface area (Å²) < 4.78 is 63.8. The second kappa shape index (κ2) is 9.12. The lowest BCUT2D eigenvalue weighted by molar-refractivity contribution is -0.137. The van der Waals surface area contributed by atoms with Crippen molar-refractivity contribution in [3.8, 4) is 22.4 Å². The predicted molar refractivity (Wildman–Crippen MR) is 130 cm³/mol. The summed E-state index contributed by atoms with van der Waals surface area (Å²) in [5.41, 5.74) is 0.692. The number of aliphatic hydroxyl groups is 1. The van der Waals surface area contributed by atoms with Crippen molar-refractivity contribution in [1.82, 2.24) is 19.9 Å². The zero-order chi connectivity index (χ0) is 26.5. The predicted octanol–water partition coefficient (Wildman–Crippen LogP) is 3.75. The molecule has 1 aliphatic heterocycles. The van der Waals surface area contributed by atoms with Gasteiger partial charge in [0.1, 0.15) is 11.3 Å². The van der Waals surface area contributed by atoms with Gasteiger partial charge in [-0.25, -0.2) is 17.9 Å². The Hall–Kier alpha value is -3.48. The molecule has 0 aliphatic carbocycles. The number of aromatic nitrogens is 3. The van der Waals surface area contributed by atoms with Crippen LogP contribution in [0.4, 0.5) is 13.2 Å². The number of rotatable bonds is 5. The van der Waals surface area contributed by atoms with Crippen LogP contribution in [0, 0.1) is 0 Å². The van der Waals surface area contributed by atoms with Crippen LogP contribution in [0.3, 0.4) is 0 Å². The molecule has 0 spiro atoms. The molecule has 1 fully saturated rings. The van der Waals surface area contributed by atoms with Crippen LogP contribution in [0.5, 0.6) is 0 Å². The molecule has 1 amide bonds. The number of aliphatic hydroxyl groups excluding tert-OH is 1. The van der Waals surface area contributed by atoms with Gasteiger partial charge in [0.25, 0.3) is 5.91 Å². The van der Waals surface area contributed by atoms with Crippen LogP contribution in [0.15, 0.2) is 54.7 Å². The third kappa shape index (κ3) is 4.67. The minimum atomic E-state index is -4.53. The van der Waals surface area contributed by atoms with Gasteiger partial charge in [0, 0.05) is 27.9 Å². The smallest absolute Gasteiger partial charge is 0.390 e. The van der Waals surface area contributed by atoms with Crippen LogP contribution in [-0.2, 0) is 22.6 Å². The summed E-state index contributed by atoms with van der Waals surface area (Å²) in [5, 5.41) is 17.3. The van der Waals surface area contributed by atoms with Gasteiger partial charge in [-0.15, -0.1) is 0 Å². The molecular formula is C24H18ClF3N4O4S. The first kappa shape index (κ1) is 25.2. The van der Waals surface area contributed by atoms with Crippen molar-refractivity contribution in [3.05, 3.63) is 76.6 Å². The Kier molecular flexibility index (Phi) is 6.21. The van der Waals surface area contributed by atoms with Crippen molar-refractivity contribution in [2.24, 2.45) is 0 Å². The molecule has 37 heavy (non-hydrogen) atoms. The van der Waals surface area contributed by atoms with Gasteiger partial charge in [-0.3, -0.25) is 4.79 Å². The minimum Gasteiger partial charge on any atom is -0.390 e. The van der Waals surface area contributed by atoms with Crippen molar-refractivity contribution < 1.29 is 31.5 Å². The summed E-state index contributed by atoms with van der Waals surface area (Å²) in [6.07, 6.45) is -3.11. The van der Waals surface area contributed by atoms with Gasteiger partial charge < -0.3 is 10.4 Å². The SMILES string of the molecule is O=C(NC1CS(=O)(=O)C1)c1c(CO)nn2c(-c3ccc(C(F)(F)F)cc3)c(-c3ccccc3Cl)cnc12. The van der Waals surface area contributed by atoms with E-state index >= 15 is 0 Å². The molecule has 1 aliphatic rings. The Balaban J connectivity index is 1.71. The van der Waals surface area contributed by atoms with Gasteiger partial charge in [-0.05, 0) is 18.2 Å². The second-order valence-electron chi connectivity index (χ2n) is 8.54. The number of alkyl halides is 3. The van der Waals surface area contributed by atoms with E-state index < -0.39 is 40.1 Å². The quantitative estimate of drug-likeness (QED) is 0.391. The minimum absolute atomic E-state index is 0.0309. The summed E-state index contributed by atoms with van der Waals surface area (Å²) in [4.78, 5) is 17.5. The molecule has 2 N–H and O–H groups in total. The van der Waals surface area contributed by atoms with Gasteiger partial charge in [0.2, 0.25) is 0 Å². The fourth-order valence-electron chi connectivity index (χ4n) is 4.25. The largest absolute Gasteiger partial charge is 0.416 e. The highest BCUT2D eigenvalue weighted by molar-refractivity contribution is 7.92. The fraction of sp³-hybridized carbons (Fsp3) is 0.208. The van der Waals surface area contributed by atoms with E-state index in [1.165, 1.54) is 22.8 Å². The van der Waals surface area contributed by atoms with E-state index in [-0.39, 0.29) is 28.4 Å². The Morgan fingerprint density at radius 1 is 1.11 bits per heavy atom. The number of benzene rings is 2. The zero-order valence-corrected chi connectivity index (χ0v) is 20.4. The molecule has 13 heteroatoms. The molecule has 192 valence electrons.